The third kappa shape index (κ3) is 3.56. The van der Waals surface area contributed by atoms with Gasteiger partial charge in [-0.15, -0.1) is 29.8 Å². The van der Waals surface area contributed by atoms with Gasteiger partial charge in [-0.05, 0) is 61.9 Å². The van der Waals surface area contributed by atoms with E-state index in [1.807, 2.05) is 6.08 Å². The fourth-order valence-corrected chi connectivity index (χ4v) is 8.21. The molecule has 1 N–H and O–H groups in total. The summed E-state index contributed by atoms with van der Waals surface area (Å²) in [7, 11) is 0. The Hall–Kier alpha value is -3.49. The van der Waals surface area contributed by atoms with Crippen molar-refractivity contribution in [2.75, 3.05) is 11.4 Å². The molecular formula is C31H27Cl2FN2O5. The quantitative estimate of drug-likeness (QED) is 0.303. The number of carbonyl (C=O) groups excluding carboxylic acids is 4. The first kappa shape index (κ1) is 27.7. The lowest BCUT2D eigenvalue weighted by Crippen LogP contribution is -2.60. The molecule has 212 valence electrons. The molecule has 2 saturated heterocycles. The number of allylic oxidation sites excluding steroid dienone is 3. The standard InChI is InChI=1S/C31H27Cl2FN2O5/c1-3-6-16-7-5-8-21(25(16)37)24-19-13-14-20-23(27(39)35(4-2)26(20)38)22(19)15-30(32)28(40)36(29(41)31(24,30)33)18-11-9-17(34)10-12-18/h3,5,7-13,20,22-24,37H,1,4,6,14-15H2,2H3. The van der Waals surface area contributed by atoms with Gasteiger partial charge in [-0.25, -0.2) is 9.29 Å². The summed E-state index contributed by atoms with van der Waals surface area (Å²) in [5, 5.41) is 11.5. The minimum atomic E-state index is -2.10. The van der Waals surface area contributed by atoms with Crippen LogP contribution in [0.3, 0.4) is 0 Å². The number of hydrogen-bond donors (Lipinski definition) is 1. The fraction of sp³-hybridized carbons (Fsp3) is 0.355. The summed E-state index contributed by atoms with van der Waals surface area (Å²) in [5.74, 6) is -6.13. The lowest BCUT2D eigenvalue weighted by molar-refractivity contribution is -0.140. The molecule has 6 atom stereocenters. The number of alkyl halides is 2. The number of fused-ring (bicyclic) bond motifs is 4. The van der Waals surface area contributed by atoms with Crippen LogP contribution in [0, 0.1) is 23.6 Å². The minimum absolute atomic E-state index is 0.0957. The largest absolute Gasteiger partial charge is 0.507 e. The van der Waals surface area contributed by atoms with Crippen LogP contribution in [0.4, 0.5) is 10.1 Å². The van der Waals surface area contributed by atoms with Crippen molar-refractivity contribution in [3.8, 4) is 5.75 Å². The Morgan fingerprint density at radius 1 is 1.05 bits per heavy atom. The van der Waals surface area contributed by atoms with Crippen molar-refractivity contribution in [1.82, 2.24) is 4.90 Å². The van der Waals surface area contributed by atoms with Gasteiger partial charge in [-0.2, -0.15) is 0 Å². The molecule has 1 saturated carbocycles. The molecule has 4 aliphatic rings. The van der Waals surface area contributed by atoms with Crippen LogP contribution < -0.4 is 4.90 Å². The molecule has 6 rings (SSSR count). The second kappa shape index (κ2) is 9.53. The van der Waals surface area contributed by atoms with Crippen molar-refractivity contribution in [3.63, 3.8) is 0 Å². The summed E-state index contributed by atoms with van der Waals surface area (Å²) in [4.78, 5) is 53.1. The number of rotatable bonds is 5. The highest BCUT2D eigenvalue weighted by Crippen LogP contribution is 2.66. The number of likely N-dealkylation sites (tertiary alicyclic amines) is 1. The van der Waals surface area contributed by atoms with Gasteiger partial charge in [0.1, 0.15) is 11.6 Å². The van der Waals surface area contributed by atoms with Crippen LogP contribution in [0.15, 0.2) is 66.8 Å². The monoisotopic (exact) mass is 596 g/mol. The lowest BCUT2D eigenvalue weighted by Gasteiger charge is -2.50. The highest BCUT2D eigenvalue weighted by molar-refractivity contribution is 6.58. The molecule has 2 heterocycles. The lowest BCUT2D eigenvalue weighted by atomic mass is 9.56. The van der Waals surface area contributed by atoms with Crippen LogP contribution >= 0.6 is 23.2 Å². The number of benzene rings is 2. The normalized spacial score (nSPS) is 32.5. The first-order valence-electron chi connectivity index (χ1n) is 13.5. The summed E-state index contributed by atoms with van der Waals surface area (Å²) < 4.78 is 13.8. The van der Waals surface area contributed by atoms with Crippen molar-refractivity contribution in [2.45, 2.75) is 41.9 Å². The molecule has 2 aromatic rings. The molecule has 10 heteroatoms. The zero-order chi connectivity index (χ0) is 29.4. The molecule has 41 heavy (non-hydrogen) atoms. The number of para-hydroxylation sites is 1. The molecule has 3 fully saturated rings. The van der Waals surface area contributed by atoms with Gasteiger partial charge in [0, 0.05) is 18.0 Å². The molecule has 0 radical (unpaired) electrons. The number of phenols is 1. The van der Waals surface area contributed by atoms with E-state index in [2.05, 4.69) is 6.58 Å². The number of amides is 4. The van der Waals surface area contributed by atoms with Crippen molar-refractivity contribution in [2.24, 2.45) is 17.8 Å². The van der Waals surface area contributed by atoms with Crippen LogP contribution in [-0.2, 0) is 25.6 Å². The average Bonchev–Trinajstić information content (AvgIpc) is 3.28. The molecule has 6 unspecified atom stereocenters. The number of aromatic hydroxyl groups is 1. The first-order valence-corrected chi connectivity index (χ1v) is 14.3. The van der Waals surface area contributed by atoms with E-state index < -0.39 is 51.1 Å². The Kier molecular flexibility index (Phi) is 6.43. The van der Waals surface area contributed by atoms with Crippen molar-refractivity contribution >= 4 is 52.5 Å². The molecule has 2 aromatic carbocycles. The predicted molar refractivity (Wildman–Crippen MR) is 151 cm³/mol. The van der Waals surface area contributed by atoms with E-state index in [4.69, 9.17) is 23.2 Å². The van der Waals surface area contributed by atoms with Gasteiger partial charge in [-0.3, -0.25) is 24.1 Å². The summed E-state index contributed by atoms with van der Waals surface area (Å²) in [6, 6.07) is 9.88. The number of nitrogens with zero attached hydrogens (tertiary/aromatic N) is 2. The van der Waals surface area contributed by atoms with Gasteiger partial charge in [0.2, 0.25) is 11.8 Å². The Labute approximate surface area is 246 Å². The molecule has 0 bridgehead atoms. The second-order valence-corrected chi connectivity index (χ2v) is 12.3. The van der Waals surface area contributed by atoms with Crippen LogP contribution in [0.2, 0.25) is 0 Å². The van der Waals surface area contributed by atoms with E-state index in [9.17, 15) is 28.7 Å². The van der Waals surface area contributed by atoms with Gasteiger partial charge in [0.05, 0.1) is 17.5 Å². The van der Waals surface area contributed by atoms with E-state index in [0.29, 0.717) is 17.6 Å². The van der Waals surface area contributed by atoms with Crippen LogP contribution in [0.5, 0.6) is 5.75 Å². The fourth-order valence-electron chi connectivity index (χ4n) is 7.29. The maximum absolute atomic E-state index is 14.3. The molecule has 2 aliphatic carbocycles. The average molecular weight is 597 g/mol. The third-order valence-electron chi connectivity index (χ3n) is 9.13. The molecular weight excluding hydrogens is 570 g/mol. The van der Waals surface area contributed by atoms with Crippen molar-refractivity contribution in [1.29, 1.82) is 0 Å². The highest BCUT2D eigenvalue weighted by Gasteiger charge is 2.76. The molecule has 0 spiro atoms. The Balaban J connectivity index is 1.59. The number of phenolic OH excluding ortho intramolecular Hbond substituents is 1. The zero-order valence-electron chi connectivity index (χ0n) is 22.1. The maximum atomic E-state index is 14.3. The van der Waals surface area contributed by atoms with Crippen molar-refractivity contribution in [3.05, 3.63) is 83.7 Å². The summed E-state index contributed by atoms with van der Waals surface area (Å²) in [6.07, 6.45) is 3.84. The highest BCUT2D eigenvalue weighted by atomic mass is 35.5. The first-order chi connectivity index (χ1) is 19.5. The molecule has 7 nitrogen and oxygen atoms in total. The van der Waals surface area contributed by atoms with Gasteiger partial charge >= 0.3 is 0 Å². The van der Waals surface area contributed by atoms with Crippen LogP contribution in [0.1, 0.15) is 36.8 Å². The number of hydrogen-bond acceptors (Lipinski definition) is 5. The van der Waals surface area contributed by atoms with Gasteiger partial charge in [0.25, 0.3) is 11.8 Å². The molecule has 4 amide bonds. The van der Waals surface area contributed by atoms with Crippen LogP contribution in [-0.4, -0.2) is 49.9 Å². The predicted octanol–water partition coefficient (Wildman–Crippen LogP) is 4.84. The molecule has 0 aromatic heterocycles. The summed E-state index contributed by atoms with van der Waals surface area (Å²) >= 11 is 14.6. The van der Waals surface area contributed by atoms with E-state index in [1.165, 1.54) is 17.0 Å². The smallest absolute Gasteiger partial charge is 0.258 e. The topological polar surface area (TPSA) is 95.0 Å². The number of halogens is 3. The second-order valence-electron chi connectivity index (χ2n) is 11.0. The van der Waals surface area contributed by atoms with E-state index in [-0.39, 0.29) is 48.2 Å². The SMILES string of the molecule is C=CCc1cccc(C2C3=CCC4C(=O)N(CC)C(=O)C4C3CC3(Cl)C(=O)N(c4ccc(F)cc4)C(=O)C23Cl)c1O. The zero-order valence-corrected chi connectivity index (χ0v) is 23.7. The third-order valence-corrected chi connectivity index (χ3v) is 10.5. The van der Waals surface area contributed by atoms with E-state index in [0.717, 1.165) is 17.0 Å². The number of imide groups is 2. The summed E-state index contributed by atoms with van der Waals surface area (Å²) in [6.45, 7) is 5.68. The van der Waals surface area contributed by atoms with Gasteiger partial charge in [-0.1, -0.05) is 35.9 Å². The molecule has 2 aliphatic heterocycles. The number of carbonyl (C=O) groups is 4. The minimum Gasteiger partial charge on any atom is -0.507 e. The number of anilines is 1. The van der Waals surface area contributed by atoms with Crippen LogP contribution in [0.25, 0.3) is 0 Å². The Morgan fingerprint density at radius 2 is 1.76 bits per heavy atom. The van der Waals surface area contributed by atoms with Gasteiger partial charge in [0.15, 0.2) is 9.75 Å². The Morgan fingerprint density at radius 3 is 2.41 bits per heavy atom. The Bertz CT molecular complexity index is 1560. The van der Waals surface area contributed by atoms with Crippen molar-refractivity contribution < 1.29 is 28.7 Å². The van der Waals surface area contributed by atoms with Gasteiger partial charge < -0.3 is 5.11 Å². The van der Waals surface area contributed by atoms with E-state index >= 15 is 0 Å². The maximum Gasteiger partial charge on any atom is 0.258 e. The van der Waals surface area contributed by atoms with E-state index in [1.54, 1.807) is 31.2 Å². The summed E-state index contributed by atoms with van der Waals surface area (Å²) in [5.41, 5.74) is 1.50.